The van der Waals surface area contributed by atoms with Gasteiger partial charge < -0.3 is 0 Å². The molecule has 0 atom stereocenters. The van der Waals surface area contributed by atoms with Crippen LogP contribution < -0.4 is 0 Å². The highest BCUT2D eigenvalue weighted by Gasteiger charge is 2.04. The summed E-state index contributed by atoms with van der Waals surface area (Å²) in [6.45, 7) is 6.94. The van der Waals surface area contributed by atoms with Crippen LogP contribution in [0, 0.1) is 6.92 Å². The first-order valence-electron chi connectivity index (χ1n) is 5.92. The van der Waals surface area contributed by atoms with Gasteiger partial charge in [0.25, 0.3) is 0 Å². The number of aromatic nitrogens is 4. The Morgan fingerprint density at radius 1 is 1.20 bits per heavy atom. The van der Waals surface area contributed by atoms with Crippen LogP contribution in [-0.2, 0) is 13.0 Å². The molecule has 0 aromatic carbocycles. The molecule has 1 rings (SSSR count). The molecule has 4 heteroatoms. The lowest BCUT2D eigenvalue weighted by Gasteiger charge is -2.02. The molecule has 1 aromatic rings. The zero-order chi connectivity index (χ0) is 10.9. The van der Waals surface area contributed by atoms with Gasteiger partial charge in [0.05, 0.1) is 0 Å². The van der Waals surface area contributed by atoms with Crippen molar-refractivity contribution in [1.82, 2.24) is 20.2 Å². The van der Waals surface area contributed by atoms with E-state index in [9.17, 15) is 0 Å². The normalized spacial score (nSPS) is 10.8. The van der Waals surface area contributed by atoms with E-state index in [1.165, 1.54) is 25.7 Å². The van der Waals surface area contributed by atoms with Crippen molar-refractivity contribution in [3.63, 3.8) is 0 Å². The van der Waals surface area contributed by atoms with E-state index in [0.29, 0.717) is 0 Å². The van der Waals surface area contributed by atoms with E-state index < -0.39 is 0 Å². The lowest BCUT2D eigenvalue weighted by molar-refractivity contribution is 0.530. The molecule has 0 spiro atoms. The van der Waals surface area contributed by atoms with Crippen LogP contribution in [0.5, 0.6) is 0 Å². The molecule has 0 bridgehead atoms. The summed E-state index contributed by atoms with van der Waals surface area (Å²) in [5.41, 5.74) is 0. The van der Waals surface area contributed by atoms with Crippen LogP contribution >= 0.6 is 0 Å². The van der Waals surface area contributed by atoms with E-state index in [1.807, 2.05) is 4.68 Å². The third-order valence-corrected chi connectivity index (χ3v) is 2.48. The maximum absolute atomic E-state index is 4.05. The third-order valence-electron chi connectivity index (χ3n) is 2.48. The summed E-state index contributed by atoms with van der Waals surface area (Å²) in [4.78, 5) is 0. The Labute approximate surface area is 92.1 Å². The fourth-order valence-electron chi connectivity index (χ4n) is 1.55. The largest absolute Gasteiger partial charge is 0.230 e. The van der Waals surface area contributed by atoms with Gasteiger partial charge >= 0.3 is 0 Å². The molecule has 0 unspecified atom stereocenters. The molecule has 0 aliphatic rings. The van der Waals surface area contributed by atoms with E-state index >= 15 is 0 Å². The summed E-state index contributed by atoms with van der Waals surface area (Å²) in [6, 6.07) is 0. The topological polar surface area (TPSA) is 43.6 Å². The third kappa shape index (κ3) is 4.40. The van der Waals surface area contributed by atoms with Crippen molar-refractivity contribution in [2.24, 2.45) is 0 Å². The van der Waals surface area contributed by atoms with Gasteiger partial charge in [-0.1, -0.05) is 39.5 Å². The van der Waals surface area contributed by atoms with Crippen molar-refractivity contribution in [2.45, 2.75) is 58.4 Å². The summed E-state index contributed by atoms with van der Waals surface area (Å²) >= 11 is 0. The summed E-state index contributed by atoms with van der Waals surface area (Å²) in [5, 5.41) is 11.7. The van der Waals surface area contributed by atoms with E-state index in [-0.39, 0.29) is 0 Å². The van der Waals surface area contributed by atoms with Crippen LogP contribution in [0.3, 0.4) is 0 Å². The van der Waals surface area contributed by atoms with Gasteiger partial charge in [0.15, 0.2) is 5.82 Å². The fourth-order valence-corrected chi connectivity index (χ4v) is 1.55. The molecule has 0 N–H and O–H groups in total. The van der Waals surface area contributed by atoms with Gasteiger partial charge in [0, 0.05) is 13.0 Å². The highest BCUT2D eigenvalue weighted by molar-refractivity contribution is 4.80. The van der Waals surface area contributed by atoms with Gasteiger partial charge in [-0.2, -0.15) is 0 Å². The Hall–Kier alpha value is -0.930. The standard InChI is InChI=1S/C11H21N4/c1-3-5-7-8-9-11-12-13-14-15(11)10-6-4-2/h2-10H2,1H3. The fraction of sp³-hybridized carbons (Fsp3) is 0.818. The number of unbranched alkanes of at least 4 members (excludes halogenated alkanes) is 4. The van der Waals surface area contributed by atoms with Gasteiger partial charge in [0.2, 0.25) is 0 Å². The average molecular weight is 209 g/mol. The second-order valence-electron chi connectivity index (χ2n) is 3.84. The Kier molecular flexibility index (Phi) is 5.97. The minimum atomic E-state index is 0.902. The quantitative estimate of drug-likeness (QED) is 0.617. The zero-order valence-electron chi connectivity index (χ0n) is 9.65. The minimum absolute atomic E-state index is 0.902. The molecule has 0 saturated heterocycles. The van der Waals surface area contributed by atoms with Crippen molar-refractivity contribution in [3.05, 3.63) is 12.7 Å². The Morgan fingerprint density at radius 3 is 2.80 bits per heavy atom. The monoisotopic (exact) mass is 209 g/mol. The predicted molar refractivity (Wildman–Crippen MR) is 60.3 cm³/mol. The molecule has 0 saturated carbocycles. The molecular weight excluding hydrogens is 188 g/mol. The van der Waals surface area contributed by atoms with Crippen LogP contribution in [0.4, 0.5) is 0 Å². The van der Waals surface area contributed by atoms with Gasteiger partial charge in [-0.25, -0.2) is 4.68 Å². The molecule has 1 aromatic heterocycles. The Balaban J connectivity index is 2.29. The number of tetrazole rings is 1. The van der Waals surface area contributed by atoms with E-state index in [4.69, 9.17) is 0 Å². The maximum atomic E-state index is 4.05. The smallest absolute Gasteiger partial charge is 0.151 e. The second-order valence-corrected chi connectivity index (χ2v) is 3.84. The molecule has 0 fully saturated rings. The Bertz CT molecular complexity index is 257. The van der Waals surface area contributed by atoms with Gasteiger partial charge in [-0.05, 0) is 23.3 Å². The van der Waals surface area contributed by atoms with Gasteiger partial charge in [0.1, 0.15) is 0 Å². The number of hydrogen-bond donors (Lipinski definition) is 0. The first kappa shape index (κ1) is 12.1. The highest BCUT2D eigenvalue weighted by atomic mass is 15.5. The predicted octanol–water partition coefficient (Wildman–Crippen LogP) is 2.41. The van der Waals surface area contributed by atoms with Crippen molar-refractivity contribution in [3.8, 4) is 0 Å². The van der Waals surface area contributed by atoms with E-state index in [0.717, 1.165) is 31.6 Å². The molecule has 0 aliphatic carbocycles. The SMILES string of the molecule is [CH2]CCCn1nnnc1CCCCCC. The van der Waals surface area contributed by atoms with Crippen molar-refractivity contribution in [1.29, 1.82) is 0 Å². The van der Waals surface area contributed by atoms with Gasteiger partial charge in [-0.15, -0.1) is 5.10 Å². The van der Waals surface area contributed by atoms with Crippen LogP contribution in [0.25, 0.3) is 0 Å². The molecule has 1 heterocycles. The van der Waals surface area contributed by atoms with Crippen molar-refractivity contribution < 1.29 is 0 Å². The lowest BCUT2D eigenvalue weighted by atomic mass is 10.1. The minimum Gasteiger partial charge on any atom is -0.230 e. The molecule has 0 aliphatic heterocycles. The van der Waals surface area contributed by atoms with Crippen LogP contribution in [0.1, 0.15) is 51.3 Å². The Morgan fingerprint density at radius 2 is 2.07 bits per heavy atom. The van der Waals surface area contributed by atoms with Crippen LogP contribution in [0.15, 0.2) is 0 Å². The first-order chi connectivity index (χ1) is 7.38. The van der Waals surface area contributed by atoms with Crippen molar-refractivity contribution in [2.75, 3.05) is 0 Å². The molecule has 0 amide bonds. The average Bonchev–Trinajstić information content (AvgIpc) is 2.69. The zero-order valence-corrected chi connectivity index (χ0v) is 9.65. The van der Waals surface area contributed by atoms with Crippen molar-refractivity contribution >= 4 is 0 Å². The van der Waals surface area contributed by atoms with E-state index in [1.54, 1.807) is 0 Å². The van der Waals surface area contributed by atoms with Crippen LogP contribution in [-0.4, -0.2) is 20.2 Å². The summed E-state index contributed by atoms with van der Waals surface area (Å²) < 4.78 is 1.91. The lowest BCUT2D eigenvalue weighted by Crippen LogP contribution is -2.06. The van der Waals surface area contributed by atoms with Gasteiger partial charge in [-0.3, -0.25) is 0 Å². The number of rotatable bonds is 8. The molecule has 4 nitrogen and oxygen atoms in total. The summed E-state index contributed by atoms with van der Waals surface area (Å²) in [6.07, 6.45) is 8.04. The van der Waals surface area contributed by atoms with Crippen LogP contribution in [0.2, 0.25) is 0 Å². The first-order valence-corrected chi connectivity index (χ1v) is 5.92. The molecule has 15 heavy (non-hydrogen) atoms. The molecule has 1 radical (unpaired) electrons. The maximum Gasteiger partial charge on any atom is 0.151 e. The molecular formula is C11H21N4. The molecule has 85 valence electrons. The number of aryl methyl sites for hydroxylation is 2. The van der Waals surface area contributed by atoms with E-state index in [2.05, 4.69) is 29.4 Å². The number of nitrogens with zero attached hydrogens (tertiary/aromatic N) is 4. The second kappa shape index (κ2) is 7.37. The highest BCUT2D eigenvalue weighted by Crippen LogP contribution is 2.05. The number of hydrogen-bond acceptors (Lipinski definition) is 3. The summed E-state index contributed by atoms with van der Waals surface area (Å²) in [5.74, 6) is 1.03. The summed E-state index contributed by atoms with van der Waals surface area (Å²) in [7, 11) is 0.